The lowest BCUT2D eigenvalue weighted by molar-refractivity contribution is -0.113. The second-order valence-electron chi connectivity index (χ2n) is 7.56. The predicted molar refractivity (Wildman–Crippen MR) is 128 cm³/mol. The molecule has 0 unspecified atom stereocenters. The quantitative estimate of drug-likeness (QED) is 0.422. The average Bonchev–Trinajstić information content (AvgIpc) is 3.31. The van der Waals surface area contributed by atoms with Gasteiger partial charge in [0, 0.05) is 37.2 Å². The van der Waals surface area contributed by atoms with Crippen LogP contribution >= 0.6 is 11.8 Å². The molecule has 0 atom stereocenters. The minimum absolute atomic E-state index is 0.141. The van der Waals surface area contributed by atoms with Crippen molar-refractivity contribution >= 4 is 23.5 Å². The number of anilines is 1. The molecule has 166 valence electrons. The lowest BCUT2D eigenvalue weighted by Crippen LogP contribution is -2.19. The maximum Gasteiger partial charge on any atom is 0.235 e. The molecule has 0 bridgehead atoms. The van der Waals surface area contributed by atoms with Crippen molar-refractivity contribution in [2.45, 2.75) is 25.5 Å². The molecule has 1 amide bonds. The fourth-order valence-corrected chi connectivity index (χ4v) is 4.30. The van der Waals surface area contributed by atoms with Crippen LogP contribution in [0.4, 0.5) is 5.82 Å². The second kappa shape index (κ2) is 9.71. The molecule has 3 heterocycles. The van der Waals surface area contributed by atoms with Crippen molar-refractivity contribution in [2.24, 2.45) is 7.05 Å². The molecule has 0 saturated carbocycles. The number of hydrogen-bond acceptors (Lipinski definition) is 6. The highest BCUT2D eigenvalue weighted by Gasteiger charge is 2.20. The molecule has 8 nitrogen and oxygen atoms in total. The largest absolute Gasteiger partial charge is 0.326 e. The fourth-order valence-electron chi connectivity index (χ4n) is 3.59. The van der Waals surface area contributed by atoms with Crippen LogP contribution in [-0.2, 0) is 18.4 Å². The van der Waals surface area contributed by atoms with Gasteiger partial charge in [0.15, 0.2) is 11.0 Å². The third-order valence-corrected chi connectivity index (χ3v) is 6.51. The molecule has 4 aromatic rings. The molecule has 4 rings (SSSR count). The highest BCUT2D eigenvalue weighted by Crippen LogP contribution is 2.28. The monoisotopic (exact) mass is 457 g/mol. The van der Waals surface area contributed by atoms with Gasteiger partial charge in [-0.25, -0.2) is 0 Å². The molecule has 33 heavy (non-hydrogen) atoms. The van der Waals surface area contributed by atoms with Crippen LogP contribution in [0.2, 0.25) is 0 Å². The molecule has 1 N–H and O–H groups in total. The number of nitriles is 1. The SMILES string of the molecule is Cc1c(C#N)c(NC(=O)CSc2nnc(-c3ccncc3)n2C)n(Cc2ccccc2)c1C. The third kappa shape index (κ3) is 4.66. The van der Waals surface area contributed by atoms with E-state index in [1.807, 2.05) is 72.5 Å². The Labute approximate surface area is 196 Å². The summed E-state index contributed by atoms with van der Waals surface area (Å²) in [4.78, 5) is 16.9. The van der Waals surface area contributed by atoms with E-state index in [-0.39, 0.29) is 11.7 Å². The zero-order valence-electron chi connectivity index (χ0n) is 18.6. The van der Waals surface area contributed by atoms with Crippen LogP contribution in [0.25, 0.3) is 11.4 Å². The summed E-state index contributed by atoms with van der Waals surface area (Å²) >= 11 is 1.29. The highest BCUT2D eigenvalue weighted by molar-refractivity contribution is 7.99. The van der Waals surface area contributed by atoms with Crippen molar-refractivity contribution in [1.29, 1.82) is 5.26 Å². The molecule has 0 radical (unpaired) electrons. The highest BCUT2D eigenvalue weighted by atomic mass is 32.2. The van der Waals surface area contributed by atoms with Crippen molar-refractivity contribution in [3.05, 3.63) is 77.2 Å². The Morgan fingerprint density at radius 3 is 2.55 bits per heavy atom. The van der Waals surface area contributed by atoms with Crippen LogP contribution in [0.3, 0.4) is 0 Å². The topological polar surface area (TPSA) is 101 Å². The standard InChI is InChI=1S/C24H23N7OS/c1-16-17(2)31(14-18-7-5-4-6-8-18)23(20(16)13-25)27-21(32)15-33-24-29-28-22(30(24)3)19-9-11-26-12-10-19/h4-12H,14-15H2,1-3H3,(H,27,32). The molecular formula is C24H23N7OS. The smallest absolute Gasteiger partial charge is 0.235 e. The fraction of sp³-hybridized carbons (Fsp3) is 0.208. The first kappa shape index (κ1) is 22.3. The van der Waals surface area contributed by atoms with Crippen LogP contribution in [0.15, 0.2) is 60.0 Å². The second-order valence-corrected chi connectivity index (χ2v) is 8.50. The van der Waals surface area contributed by atoms with Gasteiger partial charge in [-0.1, -0.05) is 42.1 Å². The summed E-state index contributed by atoms with van der Waals surface area (Å²) in [5.41, 5.74) is 4.30. The lowest BCUT2D eigenvalue weighted by atomic mass is 10.2. The van der Waals surface area contributed by atoms with Gasteiger partial charge >= 0.3 is 0 Å². The predicted octanol–water partition coefficient (Wildman–Crippen LogP) is 3.95. The maximum absolute atomic E-state index is 12.8. The van der Waals surface area contributed by atoms with Gasteiger partial charge < -0.3 is 14.5 Å². The van der Waals surface area contributed by atoms with Crippen LogP contribution in [0.1, 0.15) is 22.4 Å². The first-order valence-corrected chi connectivity index (χ1v) is 11.3. The van der Waals surface area contributed by atoms with E-state index in [4.69, 9.17) is 0 Å². The summed E-state index contributed by atoms with van der Waals surface area (Å²) < 4.78 is 3.83. The Kier molecular flexibility index (Phi) is 6.56. The van der Waals surface area contributed by atoms with E-state index in [0.717, 1.165) is 22.4 Å². The third-order valence-electron chi connectivity index (χ3n) is 5.49. The van der Waals surface area contributed by atoms with Crippen molar-refractivity contribution in [3.8, 4) is 17.5 Å². The zero-order valence-corrected chi connectivity index (χ0v) is 19.4. The van der Waals surface area contributed by atoms with Gasteiger partial charge in [0.2, 0.25) is 5.91 Å². The number of carbonyl (C=O) groups excluding carboxylic acids is 1. The van der Waals surface area contributed by atoms with Gasteiger partial charge in [0.25, 0.3) is 0 Å². The van der Waals surface area contributed by atoms with Crippen LogP contribution in [-0.4, -0.2) is 36.0 Å². The number of nitrogens with one attached hydrogen (secondary N) is 1. The number of carbonyl (C=O) groups is 1. The summed E-state index contributed by atoms with van der Waals surface area (Å²) in [6, 6.07) is 15.9. The molecule has 1 aromatic carbocycles. The molecule has 0 aliphatic rings. The molecule has 9 heteroatoms. The minimum Gasteiger partial charge on any atom is -0.326 e. The Morgan fingerprint density at radius 1 is 1.12 bits per heavy atom. The normalized spacial score (nSPS) is 10.7. The Morgan fingerprint density at radius 2 is 1.85 bits per heavy atom. The number of pyridine rings is 1. The Hall–Kier alpha value is -3.90. The molecular weight excluding hydrogens is 434 g/mol. The van der Waals surface area contributed by atoms with E-state index >= 15 is 0 Å². The van der Waals surface area contributed by atoms with Gasteiger partial charge in [-0.15, -0.1) is 10.2 Å². The first-order valence-electron chi connectivity index (χ1n) is 10.4. The van der Waals surface area contributed by atoms with Crippen LogP contribution in [0.5, 0.6) is 0 Å². The summed E-state index contributed by atoms with van der Waals surface area (Å²) in [5, 5.41) is 21.8. The zero-order chi connectivity index (χ0) is 23.4. The number of thioether (sulfide) groups is 1. The number of benzene rings is 1. The van der Waals surface area contributed by atoms with E-state index in [0.29, 0.717) is 28.9 Å². The van der Waals surface area contributed by atoms with Crippen LogP contribution in [0, 0.1) is 25.2 Å². The van der Waals surface area contributed by atoms with Crippen molar-refractivity contribution < 1.29 is 4.79 Å². The number of aromatic nitrogens is 5. The van der Waals surface area contributed by atoms with Crippen molar-refractivity contribution in [2.75, 3.05) is 11.1 Å². The number of hydrogen-bond donors (Lipinski definition) is 1. The molecule has 3 aromatic heterocycles. The van der Waals surface area contributed by atoms with Gasteiger partial charge in [-0.2, -0.15) is 5.26 Å². The van der Waals surface area contributed by atoms with Crippen molar-refractivity contribution in [1.82, 2.24) is 24.3 Å². The molecule has 0 saturated heterocycles. The maximum atomic E-state index is 12.8. The number of rotatable bonds is 7. The van der Waals surface area contributed by atoms with Crippen molar-refractivity contribution in [3.63, 3.8) is 0 Å². The van der Waals surface area contributed by atoms with E-state index in [2.05, 4.69) is 26.6 Å². The van der Waals surface area contributed by atoms with E-state index < -0.39 is 0 Å². The lowest BCUT2D eigenvalue weighted by Gasteiger charge is -2.13. The minimum atomic E-state index is -0.211. The molecule has 0 fully saturated rings. The summed E-state index contributed by atoms with van der Waals surface area (Å²) in [6.07, 6.45) is 3.40. The van der Waals surface area contributed by atoms with Gasteiger partial charge in [0.05, 0.1) is 11.3 Å². The van der Waals surface area contributed by atoms with Crippen LogP contribution < -0.4 is 5.32 Å². The number of amides is 1. The Balaban J connectivity index is 1.51. The van der Waals surface area contributed by atoms with E-state index in [1.165, 1.54) is 11.8 Å². The first-order chi connectivity index (χ1) is 16.0. The molecule has 0 spiro atoms. The summed E-state index contributed by atoms with van der Waals surface area (Å²) in [6.45, 7) is 4.43. The van der Waals surface area contributed by atoms with Gasteiger partial charge in [0.1, 0.15) is 11.9 Å². The summed E-state index contributed by atoms with van der Waals surface area (Å²) in [5.74, 6) is 1.16. The van der Waals surface area contributed by atoms with E-state index in [9.17, 15) is 10.1 Å². The Bertz CT molecular complexity index is 1320. The number of nitrogens with zero attached hydrogens (tertiary/aromatic N) is 6. The molecule has 0 aliphatic carbocycles. The molecule has 0 aliphatic heterocycles. The van der Waals surface area contributed by atoms with Gasteiger partial charge in [-0.05, 0) is 37.1 Å². The summed E-state index contributed by atoms with van der Waals surface area (Å²) in [7, 11) is 1.86. The average molecular weight is 458 g/mol. The van der Waals surface area contributed by atoms with Gasteiger partial charge in [-0.3, -0.25) is 9.78 Å². The van der Waals surface area contributed by atoms with E-state index in [1.54, 1.807) is 12.4 Å².